The molecule has 118 valence electrons. The molecule has 0 radical (unpaired) electrons. The molecule has 0 aromatic carbocycles. The summed E-state index contributed by atoms with van der Waals surface area (Å²) in [5.74, 6) is -2.54. The van der Waals surface area contributed by atoms with Crippen molar-refractivity contribution >= 4 is 17.7 Å². The Morgan fingerprint density at radius 2 is 1.95 bits per heavy atom. The molecule has 1 rings (SSSR count). The zero-order valence-corrected chi connectivity index (χ0v) is 12.5. The van der Waals surface area contributed by atoms with Crippen LogP contribution in [-0.2, 0) is 23.9 Å². The van der Waals surface area contributed by atoms with Crippen LogP contribution in [0.1, 0.15) is 51.9 Å². The molecular formula is C15H22O6. The summed E-state index contributed by atoms with van der Waals surface area (Å²) in [7, 11) is 1.15. The quantitative estimate of drug-likeness (QED) is 0.255. The Kier molecular flexibility index (Phi) is 6.91. The predicted molar refractivity (Wildman–Crippen MR) is 74.6 cm³/mol. The number of hydrogen-bond acceptors (Lipinski definition) is 6. The number of cyclic esters (lactones) is 1. The average molecular weight is 298 g/mol. The molecule has 6 nitrogen and oxygen atoms in total. The molecule has 1 N–H and O–H groups in total. The van der Waals surface area contributed by atoms with Crippen molar-refractivity contribution in [1.29, 1.82) is 0 Å². The number of carbonyl (C=O) groups is 3. The molecule has 1 aliphatic heterocycles. The molecular weight excluding hydrogens is 276 g/mol. The van der Waals surface area contributed by atoms with Gasteiger partial charge >= 0.3 is 11.9 Å². The number of unbranched alkanes of at least 4 members (excludes halogenated alkanes) is 4. The van der Waals surface area contributed by atoms with Gasteiger partial charge in [-0.25, -0.2) is 9.59 Å². The topological polar surface area (TPSA) is 89.9 Å². The van der Waals surface area contributed by atoms with Crippen molar-refractivity contribution in [2.45, 2.75) is 58.0 Å². The van der Waals surface area contributed by atoms with Gasteiger partial charge in [0.05, 0.1) is 13.5 Å². The molecule has 0 saturated carbocycles. The Morgan fingerprint density at radius 1 is 1.29 bits per heavy atom. The first-order chi connectivity index (χ1) is 10.0. The molecule has 1 aliphatic rings. The first-order valence-corrected chi connectivity index (χ1v) is 7.25. The fraction of sp³-hybridized carbons (Fsp3) is 0.667. The van der Waals surface area contributed by atoms with Crippen LogP contribution in [0.5, 0.6) is 0 Å². The molecule has 1 fully saturated rings. The van der Waals surface area contributed by atoms with E-state index in [-0.39, 0.29) is 24.2 Å². The highest BCUT2D eigenvalue weighted by molar-refractivity contribution is 6.20. The van der Waals surface area contributed by atoms with Gasteiger partial charge in [0.2, 0.25) is 6.10 Å². The Hall–Kier alpha value is -1.85. The van der Waals surface area contributed by atoms with E-state index in [4.69, 9.17) is 4.74 Å². The number of rotatable bonds is 7. The Bertz CT molecular complexity index is 417. The second-order valence-electron chi connectivity index (χ2n) is 5.03. The fourth-order valence-electron chi connectivity index (χ4n) is 2.18. The summed E-state index contributed by atoms with van der Waals surface area (Å²) in [6.45, 7) is 2.11. The number of ether oxygens (including phenoxy) is 2. The van der Waals surface area contributed by atoms with Crippen molar-refractivity contribution in [3.63, 3.8) is 0 Å². The van der Waals surface area contributed by atoms with Crippen LogP contribution in [0.4, 0.5) is 0 Å². The zero-order valence-electron chi connectivity index (χ0n) is 12.5. The summed E-state index contributed by atoms with van der Waals surface area (Å²) < 4.78 is 9.27. The highest BCUT2D eigenvalue weighted by atomic mass is 16.6. The third kappa shape index (κ3) is 4.88. The van der Waals surface area contributed by atoms with Gasteiger partial charge in [-0.3, -0.25) is 4.79 Å². The van der Waals surface area contributed by atoms with E-state index >= 15 is 0 Å². The van der Waals surface area contributed by atoms with E-state index in [1.807, 2.05) is 0 Å². The summed E-state index contributed by atoms with van der Waals surface area (Å²) in [5.41, 5.74) is -0.328. The van der Waals surface area contributed by atoms with E-state index in [0.717, 1.165) is 32.8 Å². The maximum Gasteiger partial charge on any atom is 0.347 e. The van der Waals surface area contributed by atoms with Crippen LogP contribution in [0.25, 0.3) is 0 Å². The van der Waals surface area contributed by atoms with Gasteiger partial charge in [-0.05, 0) is 6.42 Å². The van der Waals surface area contributed by atoms with Crippen LogP contribution in [-0.4, -0.2) is 36.0 Å². The number of aliphatic hydroxyl groups is 1. The fourth-order valence-corrected chi connectivity index (χ4v) is 2.18. The smallest absolute Gasteiger partial charge is 0.347 e. The van der Waals surface area contributed by atoms with E-state index in [9.17, 15) is 19.5 Å². The van der Waals surface area contributed by atoms with Crippen molar-refractivity contribution < 1.29 is 29.0 Å². The van der Waals surface area contributed by atoms with E-state index in [1.165, 1.54) is 0 Å². The molecule has 0 amide bonds. The van der Waals surface area contributed by atoms with Crippen LogP contribution in [0.3, 0.4) is 0 Å². The Balaban J connectivity index is 2.61. The molecule has 0 aromatic heterocycles. The van der Waals surface area contributed by atoms with Crippen LogP contribution in [0.2, 0.25) is 0 Å². The van der Waals surface area contributed by atoms with E-state index in [0.29, 0.717) is 6.42 Å². The SMILES string of the molecule is CCCCCCC/C(O)=C1/C(=O)C[C@H](C(=O)OC)OC1=O. The summed E-state index contributed by atoms with van der Waals surface area (Å²) in [6, 6.07) is 0. The monoisotopic (exact) mass is 298 g/mol. The second kappa shape index (κ2) is 8.44. The molecule has 0 spiro atoms. The standard InChI is InChI=1S/C15H22O6/c1-3-4-5-6-7-8-10(16)13-11(17)9-12(14(18)20-2)21-15(13)19/h12,16H,3-9H2,1-2H3/b13-10+/t12-/m1/s1. The van der Waals surface area contributed by atoms with E-state index in [1.54, 1.807) is 0 Å². The highest BCUT2D eigenvalue weighted by Gasteiger charge is 2.38. The van der Waals surface area contributed by atoms with Gasteiger partial charge in [0.15, 0.2) is 5.78 Å². The van der Waals surface area contributed by atoms with Gasteiger partial charge in [0.25, 0.3) is 0 Å². The minimum absolute atomic E-state index is 0.246. The number of aliphatic hydroxyl groups excluding tert-OH is 1. The Labute approximate surface area is 124 Å². The van der Waals surface area contributed by atoms with Gasteiger partial charge < -0.3 is 14.6 Å². The first kappa shape index (κ1) is 17.2. The number of methoxy groups -OCH3 is 1. The lowest BCUT2D eigenvalue weighted by Gasteiger charge is -2.21. The van der Waals surface area contributed by atoms with Crippen LogP contribution in [0.15, 0.2) is 11.3 Å². The van der Waals surface area contributed by atoms with Crippen molar-refractivity contribution in [3.8, 4) is 0 Å². The normalized spacial score (nSPS) is 21.0. The van der Waals surface area contributed by atoms with Gasteiger partial charge in [0.1, 0.15) is 11.3 Å². The maximum atomic E-state index is 11.9. The molecule has 0 bridgehead atoms. The largest absolute Gasteiger partial charge is 0.511 e. The number of ketones is 1. The third-order valence-corrected chi connectivity index (χ3v) is 3.37. The van der Waals surface area contributed by atoms with Crippen molar-refractivity contribution in [2.24, 2.45) is 0 Å². The minimum atomic E-state index is -1.21. The van der Waals surface area contributed by atoms with Gasteiger partial charge in [-0.2, -0.15) is 0 Å². The number of hydrogen-bond donors (Lipinski definition) is 1. The lowest BCUT2D eigenvalue weighted by atomic mass is 9.98. The maximum absolute atomic E-state index is 11.9. The summed E-state index contributed by atoms with van der Waals surface area (Å²) in [4.78, 5) is 34.9. The lowest BCUT2D eigenvalue weighted by Crippen LogP contribution is -2.38. The van der Waals surface area contributed by atoms with Gasteiger partial charge in [-0.15, -0.1) is 0 Å². The lowest BCUT2D eigenvalue weighted by molar-refractivity contribution is -0.168. The second-order valence-corrected chi connectivity index (χ2v) is 5.03. The molecule has 0 unspecified atom stereocenters. The van der Waals surface area contributed by atoms with Crippen LogP contribution < -0.4 is 0 Å². The molecule has 0 aliphatic carbocycles. The molecule has 6 heteroatoms. The van der Waals surface area contributed by atoms with Gasteiger partial charge in [0, 0.05) is 6.42 Å². The van der Waals surface area contributed by atoms with Crippen molar-refractivity contribution in [1.82, 2.24) is 0 Å². The predicted octanol–water partition coefficient (Wildman–Crippen LogP) is 2.22. The average Bonchev–Trinajstić information content (AvgIpc) is 2.45. The molecule has 0 aromatic rings. The molecule has 1 heterocycles. The summed E-state index contributed by atoms with van der Waals surface area (Å²) in [5, 5.41) is 9.90. The summed E-state index contributed by atoms with van der Waals surface area (Å²) in [6.07, 6.45) is 3.70. The number of allylic oxidation sites excluding steroid dienone is 1. The minimum Gasteiger partial charge on any atom is -0.511 e. The molecule has 1 saturated heterocycles. The summed E-state index contributed by atoms with van der Waals surface area (Å²) >= 11 is 0. The number of carbonyl (C=O) groups excluding carboxylic acids is 3. The molecule has 21 heavy (non-hydrogen) atoms. The van der Waals surface area contributed by atoms with Crippen LogP contribution in [0, 0.1) is 0 Å². The van der Waals surface area contributed by atoms with E-state index in [2.05, 4.69) is 11.7 Å². The third-order valence-electron chi connectivity index (χ3n) is 3.37. The van der Waals surface area contributed by atoms with Crippen LogP contribution >= 0.6 is 0 Å². The van der Waals surface area contributed by atoms with E-state index < -0.39 is 23.8 Å². The van der Waals surface area contributed by atoms with Crippen molar-refractivity contribution in [2.75, 3.05) is 7.11 Å². The Morgan fingerprint density at radius 3 is 2.52 bits per heavy atom. The first-order valence-electron chi connectivity index (χ1n) is 7.25. The zero-order chi connectivity index (χ0) is 15.8. The molecule has 1 atom stereocenters. The number of Topliss-reactive ketones (excluding diaryl/α,β-unsaturated/α-hetero) is 1. The highest BCUT2D eigenvalue weighted by Crippen LogP contribution is 2.22. The van der Waals surface area contributed by atoms with Crippen molar-refractivity contribution in [3.05, 3.63) is 11.3 Å². The number of esters is 2. The van der Waals surface area contributed by atoms with Gasteiger partial charge in [-0.1, -0.05) is 32.6 Å².